The van der Waals surface area contributed by atoms with E-state index in [0.29, 0.717) is 0 Å². The van der Waals surface area contributed by atoms with Crippen molar-refractivity contribution in [2.75, 3.05) is 13.1 Å². The zero-order chi connectivity index (χ0) is 6.95. The Morgan fingerprint density at radius 1 is 0.900 bits per heavy atom. The quantitative estimate of drug-likeness (QED) is 0.565. The maximum atomic E-state index is 3.39. The SMILES string of the molecule is CCCCNCCCC.[N]. The van der Waals surface area contributed by atoms with Crippen LogP contribution in [0, 0.1) is 0 Å². The second kappa shape index (κ2) is 11.7. The Hall–Kier alpha value is -0.0800. The maximum absolute atomic E-state index is 3.39. The molecule has 0 saturated carbocycles. The van der Waals surface area contributed by atoms with Crippen molar-refractivity contribution in [1.82, 2.24) is 11.5 Å². The van der Waals surface area contributed by atoms with Crippen LogP contribution < -0.4 is 11.5 Å². The van der Waals surface area contributed by atoms with Crippen LogP contribution in [0.4, 0.5) is 0 Å². The van der Waals surface area contributed by atoms with Gasteiger partial charge in [0, 0.05) is 6.15 Å². The van der Waals surface area contributed by atoms with Gasteiger partial charge in [-0.25, -0.2) is 0 Å². The summed E-state index contributed by atoms with van der Waals surface area (Å²) in [4.78, 5) is 0. The van der Waals surface area contributed by atoms with Crippen LogP contribution in [0.3, 0.4) is 0 Å². The lowest BCUT2D eigenvalue weighted by atomic mass is 10.3. The van der Waals surface area contributed by atoms with Crippen molar-refractivity contribution in [3.05, 3.63) is 0 Å². The van der Waals surface area contributed by atoms with Gasteiger partial charge in [0.15, 0.2) is 0 Å². The predicted octanol–water partition coefficient (Wildman–Crippen LogP) is 1.70. The summed E-state index contributed by atoms with van der Waals surface area (Å²) in [5.74, 6) is 0. The highest BCUT2D eigenvalue weighted by molar-refractivity contribution is 4.45. The highest BCUT2D eigenvalue weighted by Crippen LogP contribution is 1.85. The Bertz CT molecular complexity index is 40.5. The van der Waals surface area contributed by atoms with E-state index in [0.717, 1.165) is 0 Å². The minimum absolute atomic E-state index is 0. The zero-order valence-corrected chi connectivity index (χ0v) is 7.19. The van der Waals surface area contributed by atoms with E-state index in [1.165, 1.54) is 38.8 Å². The zero-order valence-electron chi connectivity index (χ0n) is 7.19. The van der Waals surface area contributed by atoms with Gasteiger partial charge in [-0.2, -0.15) is 0 Å². The summed E-state index contributed by atoms with van der Waals surface area (Å²) in [5, 5.41) is 3.39. The molecule has 0 aromatic carbocycles. The fourth-order valence-corrected chi connectivity index (χ4v) is 0.729. The molecular formula is C8H19N2. The Balaban J connectivity index is 0. The van der Waals surface area contributed by atoms with Crippen molar-refractivity contribution in [2.24, 2.45) is 0 Å². The van der Waals surface area contributed by atoms with E-state index in [4.69, 9.17) is 0 Å². The molecule has 61 valence electrons. The Morgan fingerprint density at radius 3 is 1.60 bits per heavy atom. The number of unbranched alkanes of at least 4 members (excludes halogenated alkanes) is 2. The van der Waals surface area contributed by atoms with Gasteiger partial charge < -0.3 is 5.32 Å². The molecule has 10 heavy (non-hydrogen) atoms. The van der Waals surface area contributed by atoms with Gasteiger partial charge in [0.25, 0.3) is 0 Å². The lowest BCUT2D eigenvalue weighted by Gasteiger charge is -1.99. The summed E-state index contributed by atoms with van der Waals surface area (Å²) in [5.41, 5.74) is 0. The Kier molecular flexibility index (Phi) is 14.7. The summed E-state index contributed by atoms with van der Waals surface area (Å²) >= 11 is 0. The third-order valence-electron chi connectivity index (χ3n) is 1.41. The van der Waals surface area contributed by atoms with Crippen LogP contribution >= 0.6 is 0 Å². The molecule has 0 unspecified atom stereocenters. The van der Waals surface area contributed by atoms with E-state index in [1.54, 1.807) is 0 Å². The number of nitrogens with one attached hydrogen (secondary N) is 1. The number of hydrogen-bond acceptors (Lipinski definition) is 1. The third-order valence-corrected chi connectivity index (χ3v) is 1.41. The molecule has 0 atom stereocenters. The van der Waals surface area contributed by atoms with Crippen molar-refractivity contribution in [2.45, 2.75) is 39.5 Å². The van der Waals surface area contributed by atoms with Crippen molar-refractivity contribution >= 4 is 0 Å². The van der Waals surface area contributed by atoms with Gasteiger partial charge in [-0.3, -0.25) is 0 Å². The van der Waals surface area contributed by atoms with Gasteiger partial charge in [0.2, 0.25) is 0 Å². The average molecular weight is 143 g/mol. The summed E-state index contributed by atoms with van der Waals surface area (Å²) in [7, 11) is 0. The van der Waals surface area contributed by atoms with Crippen LogP contribution in [0.1, 0.15) is 39.5 Å². The standard InChI is InChI=1S/C8H19N.N/c1-3-5-7-9-8-6-4-2;/h9H,3-8H2,1-2H3;. The number of hydrogen-bond donors (Lipinski definition) is 1. The molecule has 3 radical (unpaired) electrons. The normalized spacial score (nSPS) is 9.00. The van der Waals surface area contributed by atoms with Crippen LogP contribution in [0.15, 0.2) is 0 Å². The molecule has 0 aliphatic carbocycles. The number of nitrogens with zero attached hydrogens (tertiary/aromatic N) is 1. The second-order valence-electron chi connectivity index (χ2n) is 2.46. The second-order valence-corrected chi connectivity index (χ2v) is 2.46. The molecule has 0 rings (SSSR count). The molecule has 0 aliphatic heterocycles. The highest BCUT2D eigenvalue weighted by Gasteiger charge is 1.83. The molecule has 1 N–H and O–H groups in total. The number of rotatable bonds is 6. The lowest BCUT2D eigenvalue weighted by Crippen LogP contribution is -2.15. The molecule has 0 saturated heterocycles. The van der Waals surface area contributed by atoms with E-state index in [1.807, 2.05) is 0 Å². The van der Waals surface area contributed by atoms with Gasteiger partial charge >= 0.3 is 0 Å². The lowest BCUT2D eigenvalue weighted by molar-refractivity contribution is 0.611. The molecule has 0 fully saturated rings. The first-order valence-electron chi connectivity index (χ1n) is 4.12. The molecule has 0 aromatic rings. The van der Waals surface area contributed by atoms with Crippen molar-refractivity contribution in [3.8, 4) is 0 Å². The van der Waals surface area contributed by atoms with Crippen LogP contribution in [0.5, 0.6) is 0 Å². The van der Waals surface area contributed by atoms with Crippen LogP contribution in [-0.2, 0) is 0 Å². The third kappa shape index (κ3) is 10.8. The molecule has 0 heterocycles. The van der Waals surface area contributed by atoms with Crippen molar-refractivity contribution in [3.63, 3.8) is 0 Å². The first-order chi connectivity index (χ1) is 4.41. The van der Waals surface area contributed by atoms with E-state index in [2.05, 4.69) is 19.2 Å². The minimum Gasteiger partial charge on any atom is -0.317 e. The molecule has 0 amide bonds. The van der Waals surface area contributed by atoms with Gasteiger partial charge in [-0.05, 0) is 25.9 Å². The molecule has 0 spiro atoms. The largest absolute Gasteiger partial charge is 0.317 e. The van der Waals surface area contributed by atoms with E-state index < -0.39 is 0 Å². The molecular weight excluding hydrogens is 124 g/mol. The van der Waals surface area contributed by atoms with Crippen molar-refractivity contribution in [1.29, 1.82) is 0 Å². The van der Waals surface area contributed by atoms with Crippen molar-refractivity contribution < 1.29 is 0 Å². The van der Waals surface area contributed by atoms with Gasteiger partial charge in [-0.1, -0.05) is 26.7 Å². The topological polar surface area (TPSA) is 42.5 Å². The smallest absolute Gasteiger partial charge is 0 e. The molecule has 0 aromatic heterocycles. The summed E-state index contributed by atoms with van der Waals surface area (Å²) in [6.07, 6.45) is 5.26. The summed E-state index contributed by atoms with van der Waals surface area (Å²) in [6.45, 7) is 6.86. The first-order valence-corrected chi connectivity index (χ1v) is 4.12. The van der Waals surface area contributed by atoms with E-state index in [9.17, 15) is 0 Å². The van der Waals surface area contributed by atoms with Crippen LogP contribution in [0.25, 0.3) is 0 Å². The fourth-order valence-electron chi connectivity index (χ4n) is 0.729. The fraction of sp³-hybridized carbons (Fsp3) is 1.00. The Labute approximate surface area is 65.0 Å². The monoisotopic (exact) mass is 143 g/mol. The molecule has 2 heteroatoms. The first kappa shape index (κ1) is 12.6. The minimum atomic E-state index is 0. The molecule has 2 nitrogen and oxygen atoms in total. The highest BCUT2D eigenvalue weighted by atomic mass is 14.8. The molecule has 0 aliphatic rings. The average Bonchev–Trinajstić information content (AvgIpc) is 1.89. The summed E-state index contributed by atoms with van der Waals surface area (Å²) < 4.78 is 0. The van der Waals surface area contributed by atoms with E-state index >= 15 is 0 Å². The molecule has 0 bridgehead atoms. The predicted molar refractivity (Wildman–Crippen MR) is 44.8 cm³/mol. The maximum Gasteiger partial charge on any atom is 0 e. The van der Waals surface area contributed by atoms with Crippen LogP contribution in [-0.4, -0.2) is 13.1 Å². The van der Waals surface area contributed by atoms with Gasteiger partial charge in [0.05, 0.1) is 0 Å². The van der Waals surface area contributed by atoms with E-state index in [-0.39, 0.29) is 6.15 Å². The summed E-state index contributed by atoms with van der Waals surface area (Å²) in [6, 6.07) is 0. The van der Waals surface area contributed by atoms with Gasteiger partial charge in [0.1, 0.15) is 0 Å². The van der Waals surface area contributed by atoms with Gasteiger partial charge in [-0.15, -0.1) is 0 Å². The Morgan fingerprint density at radius 2 is 1.30 bits per heavy atom. The van der Waals surface area contributed by atoms with Crippen LogP contribution in [0.2, 0.25) is 0 Å².